The van der Waals surface area contributed by atoms with Crippen molar-refractivity contribution in [3.05, 3.63) is 59.7 Å². The first-order chi connectivity index (χ1) is 9.74. The number of hydrogen-bond acceptors (Lipinski definition) is 1. The van der Waals surface area contributed by atoms with Gasteiger partial charge in [-0.2, -0.15) is 0 Å². The van der Waals surface area contributed by atoms with Crippen LogP contribution in [0.5, 0.6) is 0 Å². The Morgan fingerprint density at radius 3 is 2.10 bits per heavy atom. The highest BCUT2D eigenvalue weighted by molar-refractivity contribution is 7.99. The van der Waals surface area contributed by atoms with Gasteiger partial charge >= 0.3 is 0 Å². The van der Waals surface area contributed by atoms with Crippen molar-refractivity contribution in [1.82, 2.24) is 0 Å². The Kier molecular flexibility index (Phi) is 4.06. The molecule has 1 saturated carbocycles. The summed E-state index contributed by atoms with van der Waals surface area (Å²) in [7, 11) is 0. The smallest absolute Gasteiger partial charge is 0.140 e. The number of halogens is 2. The maximum atomic E-state index is 14.2. The second-order valence-electron chi connectivity index (χ2n) is 5.21. The fraction of sp³-hybridized carbons (Fsp3) is 0.294. The van der Waals surface area contributed by atoms with Gasteiger partial charge in [0, 0.05) is 4.90 Å². The molecule has 2 aromatic carbocycles. The Balaban J connectivity index is 1.88. The summed E-state index contributed by atoms with van der Waals surface area (Å²) in [5.74, 6) is -0.559. The summed E-state index contributed by atoms with van der Waals surface area (Å²) in [6.45, 7) is 0. The van der Waals surface area contributed by atoms with Gasteiger partial charge in [-0.15, -0.1) is 0 Å². The second kappa shape index (κ2) is 5.96. The molecule has 3 rings (SSSR count). The Labute approximate surface area is 122 Å². The summed E-state index contributed by atoms with van der Waals surface area (Å²) in [5, 5.41) is 0. The van der Waals surface area contributed by atoms with Gasteiger partial charge in [0.2, 0.25) is 0 Å². The van der Waals surface area contributed by atoms with Crippen molar-refractivity contribution in [3.63, 3.8) is 0 Å². The monoisotopic (exact) mass is 290 g/mol. The van der Waals surface area contributed by atoms with E-state index in [9.17, 15) is 8.78 Å². The molecule has 0 aliphatic heterocycles. The van der Waals surface area contributed by atoms with Crippen LogP contribution in [0.4, 0.5) is 8.78 Å². The van der Waals surface area contributed by atoms with E-state index in [4.69, 9.17) is 0 Å². The molecule has 0 heterocycles. The van der Waals surface area contributed by atoms with Crippen LogP contribution < -0.4 is 0 Å². The maximum Gasteiger partial charge on any atom is 0.140 e. The van der Waals surface area contributed by atoms with Crippen LogP contribution in [0.3, 0.4) is 0 Å². The van der Waals surface area contributed by atoms with Gasteiger partial charge in [-0.25, -0.2) is 8.78 Å². The van der Waals surface area contributed by atoms with E-state index in [1.807, 2.05) is 30.3 Å². The van der Waals surface area contributed by atoms with Crippen LogP contribution in [-0.4, -0.2) is 0 Å². The summed E-state index contributed by atoms with van der Waals surface area (Å²) < 4.78 is 28.4. The number of rotatable bonds is 3. The largest absolute Gasteiger partial charge is 0.206 e. The third kappa shape index (κ3) is 2.88. The Bertz CT molecular complexity index is 566. The van der Waals surface area contributed by atoms with E-state index < -0.39 is 11.6 Å². The predicted octanol–water partition coefficient (Wildman–Crippen LogP) is 5.77. The normalized spacial score (nSPS) is 15.7. The topological polar surface area (TPSA) is 0 Å². The number of benzene rings is 2. The van der Waals surface area contributed by atoms with E-state index in [1.165, 1.54) is 12.1 Å². The summed E-state index contributed by atoms with van der Waals surface area (Å²) in [6.07, 6.45) is 4.41. The molecular weight excluding hydrogens is 274 g/mol. The van der Waals surface area contributed by atoms with Gasteiger partial charge in [-0.05, 0) is 48.6 Å². The molecule has 0 unspecified atom stereocenters. The minimum absolute atomic E-state index is 0.0953. The van der Waals surface area contributed by atoms with Crippen LogP contribution >= 0.6 is 11.8 Å². The molecule has 0 atom stereocenters. The highest BCUT2D eigenvalue weighted by Gasteiger charge is 2.21. The van der Waals surface area contributed by atoms with Crippen LogP contribution in [0.1, 0.15) is 37.2 Å². The molecule has 104 valence electrons. The quantitative estimate of drug-likeness (QED) is 0.691. The van der Waals surface area contributed by atoms with Crippen LogP contribution in [0, 0.1) is 11.6 Å². The lowest BCUT2D eigenvalue weighted by Gasteiger charge is -2.12. The van der Waals surface area contributed by atoms with Gasteiger partial charge in [0.05, 0.1) is 4.90 Å². The van der Waals surface area contributed by atoms with Crippen LogP contribution in [0.25, 0.3) is 0 Å². The average molecular weight is 290 g/mol. The minimum Gasteiger partial charge on any atom is -0.206 e. The molecule has 0 aromatic heterocycles. The molecule has 0 radical (unpaired) electrons. The van der Waals surface area contributed by atoms with Crippen LogP contribution in [-0.2, 0) is 0 Å². The summed E-state index contributed by atoms with van der Waals surface area (Å²) in [6, 6.07) is 12.4. The summed E-state index contributed by atoms with van der Waals surface area (Å²) >= 11 is 1.14. The molecule has 0 N–H and O–H groups in total. The third-order valence-corrected chi connectivity index (χ3v) is 4.91. The molecule has 1 aliphatic carbocycles. The molecular formula is C17H16F2S. The van der Waals surface area contributed by atoms with E-state index in [-0.39, 0.29) is 4.90 Å². The Hall–Kier alpha value is -1.35. The van der Waals surface area contributed by atoms with E-state index in [0.717, 1.165) is 47.9 Å². The second-order valence-corrected chi connectivity index (χ2v) is 6.29. The van der Waals surface area contributed by atoms with Gasteiger partial charge in [-0.1, -0.05) is 42.8 Å². The van der Waals surface area contributed by atoms with Crippen molar-refractivity contribution in [2.75, 3.05) is 0 Å². The van der Waals surface area contributed by atoms with Gasteiger partial charge in [0.15, 0.2) is 0 Å². The van der Waals surface area contributed by atoms with Crippen molar-refractivity contribution >= 4 is 11.8 Å². The zero-order valence-corrected chi connectivity index (χ0v) is 11.9. The van der Waals surface area contributed by atoms with Crippen molar-refractivity contribution in [1.29, 1.82) is 0 Å². The van der Waals surface area contributed by atoms with Crippen molar-refractivity contribution in [3.8, 4) is 0 Å². The molecule has 20 heavy (non-hydrogen) atoms. The van der Waals surface area contributed by atoms with E-state index in [2.05, 4.69) is 0 Å². The van der Waals surface area contributed by atoms with Gasteiger partial charge in [-0.3, -0.25) is 0 Å². The van der Waals surface area contributed by atoms with Gasteiger partial charge in [0.25, 0.3) is 0 Å². The van der Waals surface area contributed by atoms with E-state index in [1.54, 1.807) is 0 Å². The molecule has 0 saturated heterocycles. The fourth-order valence-electron chi connectivity index (χ4n) is 2.78. The molecule has 1 fully saturated rings. The Morgan fingerprint density at radius 2 is 1.50 bits per heavy atom. The zero-order valence-electron chi connectivity index (χ0n) is 11.1. The molecule has 0 bridgehead atoms. The lowest BCUT2D eigenvalue weighted by atomic mass is 9.97. The number of hydrogen-bond donors (Lipinski definition) is 0. The SMILES string of the molecule is Fc1cc(C2CCCC2)cc(F)c1Sc1ccccc1. The highest BCUT2D eigenvalue weighted by Crippen LogP contribution is 2.38. The van der Waals surface area contributed by atoms with Crippen LogP contribution in [0.2, 0.25) is 0 Å². The van der Waals surface area contributed by atoms with E-state index in [0.29, 0.717) is 5.92 Å². The molecule has 2 aromatic rings. The molecule has 0 nitrogen and oxygen atoms in total. The predicted molar refractivity (Wildman–Crippen MR) is 78.1 cm³/mol. The highest BCUT2D eigenvalue weighted by atomic mass is 32.2. The standard InChI is InChI=1S/C17H16F2S/c18-15-10-13(12-6-4-5-7-12)11-16(19)17(15)20-14-8-2-1-3-9-14/h1-3,8-12H,4-7H2. The van der Waals surface area contributed by atoms with E-state index >= 15 is 0 Å². The fourth-order valence-corrected chi connectivity index (χ4v) is 3.62. The van der Waals surface area contributed by atoms with Crippen molar-refractivity contribution < 1.29 is 8.78 Å². The zero-order chi connectivity index (χ0) is 13.9. The lowest BCUT2D eigenvalue weighted by molar-refractivity contribution is 0.532. The first kappa shape index (κ1) is 13.6. The molecule has 0 spiro atoms. The first-order valence-corrected chi connectivity index (χ1v) is 7.77. The average Bonchev–Trinajstić information content (AvgIpc) is 2.98. The summed E-state index contributed by atoms with van der Waals surface area (Å²) in [4.78, 5) is 0.942. The lowest BCUT2D eigenvalue weighted by Crippen LogP contribution is -1.97. The maximum absolute atomic E-state index is 14.2. The van der Waals surface area contributed by atoms with Crippen molar-refractivity contribution in [2.24, 2.45) is 0 Å². The third-order valence-electron chi connectivity index (χ3n) is 3.81. The van der Waals surface area contributed by atoms with Gasteiger partial charge < -0.3 is 0 Å². The molecule has 3 heteroatoms. The molecule has 0 amide bonds. The first-order valence-electron chi connectivity index (χ1n) is 6.96. The van der Waals surface area contributed by atoms with Gasteiger partial charge in [0.1, 0.15) is 11.6 Å². The molecule has 1 aliphatic rings. The van der Waals surface area contributed by atoms with Crippen molar-refractivity contribution in [2.45, 2.75) is 41.4 Å². The van der Waals surface area contributed by atoms with Crippen LogP contribution in [0.15, 0.2) is 52.3 Å². The summed E-state index contributed by atoms with van der Waals surface area (Å²) in [5.41, 5.74) is 0.815. The minimum atomic E-state index is -0.444. The Morgan fingerprint density at radius 1 is 0.900 bits per heavy atom.